The summed E-state index contributed by atoms with van der Waals surface area (Å²) in [6.45, 7) is -0.243. The molecule has 0 amide bonds. The summed E-state index contributed by atoms with van der Waals surface area (Å²) in [7, 11) is 0. The molecular formula is C8H6Cl2N4O. The summed E-state index contributed by atoms with van der Waals surface area (Å²) >= 11 is 11.6. The zero-order valence-electron chi connectivity index (χ0n) is 7.43. The Balaban J connectivity index is 2.50. The van der Waals surface area contributed by atoms with Crippen molar-refractivity contribution in [1.82, 2.24) is 20.2 Å². The van der Waals surface area contributed by atoms with Crippen LogP contribution in [0.5, 0.6) is 0 Å². The van der Waals surface area contributed by atoms with E-state index < -0.39 is 0 Å². The summed E-state index contributed by atoms with van der Waals surface area (Å²) in [5, 5.41) is 20.6. The number of tetrazole rings is 1. The summed E-state index contributed by atoms with van der Waals surface area (Å²) < 4.78 is 1.39. The van der Waals surface area contributed by atoms with Crippen molar-refractivity contribution >= 4 is 23.2 Å². The molecule has 78 valence electrons. The highest BCUT2D eigenvalue weighted by atomic mass is 35.5. The van der Waals surface area contributed by atoms with Crippen molar-refractivity contribution in [3.63, 3.8) is 0 Å². The molecule has 2 rings (SSSR count). The summed E-state index contributed by atoms with van der Waals surface area (Å²) in [6, 6.07) is 4.98. The van der Waals surface area contributed by atoms with Gasteiger partial charge in [0.05, 0.1) is 15.7 Å². The Morgan fingerprint density at radius 1 is 1.27 bits per heavy atom. The maximum Gasteiger partial charge on any atom is 0.182 e. The number of aliphatic hydroxyl groups is 1. The molecule has 0 fully saturated rings. The average Bonchev–Trinajstić information content (AvgIpc) is 2.70. The Hall–Kier alpha value is -1.17. The van der Waals surface area contributed by atoms with Gasteiger partial charge in [0.2, 0.25) is 0 Å². The molecule has 0 bridgehead atoms. The molecule has 0 aliphatic heterocycles. The number of halogens is 2. The second-order valence-corrected chi connectivity index (χ2v) is 3.58. The fourth-order valence-corrected chi connectivity index (χ4v) is 1.41. The highest BCUT2D eigenvalue weighted by molar-refractivity contribution is 6.42. The van der Waals surface area contributed by atoms with Gasteiger partial charge in [0, 0.05) is 0 Å². The van der Waals surface area contributed by atoms with E-state index in [0.717, 1.165) is 0 Å². The largest absolute Gasteiger partial charge is 0.388 e. The summed E-state index contributed by atoms with van der Waals surface area (Å²) in [5.41, 5.74) is 0.651. The van der Waals surface area contributed by atoms with Crippen LogP contribution in [0.1, 0.15) is 5.82 Å². The standard InChI is InChI=1S/C8H6Cl2N4O/c9-6-2-1-5(3-7(6)10)14-8(4-15)11-12-13-14/h1-3,15H,4H2. The van der Waals surface area contributed by atoms with Crippen molar-refractivity contribution in [2.45, 2.75) is 6.61 Å². The Morgan fingerprint density at radius 2 is 2.07 bits per heavy atom. The van der Waals surface area contributed by atoms with Gasteiger partial charge >= 0.3 is 0 Å². The molecule has 0 aliphatic rings. The molecule has 0 aliphatic carbocycles. The smallest absolute Gasteiger partial charge is 0.182 e. The van der Waals surface area contributed by atoms with E-state index in [9.17, 15) is 0 Å². The van der Waals surface area contributed by atoms with Gasteiger partial charge in [-0.2, -0.15) is 4.68 Å². The average molecular weight is 245 g/mol. The number of rotatable bonds is 2. The molecule has 1 aromatic heterocycles. The van der Waals surface area contributed by atoms with Gasteiger partial charge in [-0.15, -0.1) is 5.10 Å². The molecule has 1 aromatic carbocycles. The summed E-state index contributed by atoms with van der Waals surface area (Å²) in [4.78, 5) is 0. The van der Waals surface area contributed by atoms with E-state index in [0.29, 0.717) is 21.6 Å². The Bertz CT molecular complexity index is 485. The first-order valence-electron chi connectivity index (χ1n) is 4.06. The molecule has 7 heteroatoms. The van der Waals surface area contributed by atoms with Crippen LogP contribution in [-0.2, 0) is 6.61 Å². The van der Waals surface area contributed by atoms with Crippen LogP contribution in [0.2, 0.25) is 10.0 Å². The van der Waals surface area contributed by atoms with Crippen molar-refractivity contribution in [2.24, 2.45) is 0 Å². The lowest BCUT2D eigenvalue weighted by Gasteiger charge is -2.03. The SMILES string of the molecule is OCc1nnnn1-c1ccc(Cl)c(Cl)c1. The molecule has 0 saturated carbocycles. The number of aliphatic hydroxyl groups excluding tert-OH is 1. The van der Waals surface area contributed by atoms with Crippen molar-refractivity contribution in [2.75, 3.05) is 0 Å². The highest BCUT2D eigenvalue weighted by Gasteiger charge is 2.08. The molecule has 0 saturated heterocycles. The van der Waals surface area contributed by atoms with Crippen molar-refractivity contribution in [3.8, 4) is 5.69 Å². The Kier molecular flexibility index (Phi) is 2.86. The van der Waals surface area contributed by atoms with Crippen molar-refractivity contribution in [1.29, 1.82) is 0 Å². The minimum absolute atomic E-state index is 0.243. The third-order valence-electron chi connectivity index (χ3n) is 1.82. The second-order valence-electron chi connectivity index (χ2n) is 2.76. The van der Waals surface area contributed by atoms with E-state index in [1.165, 1.54) is 4.68 Å². The molecule has 1 N–H and O–H groups in total. The predicted octanol–water partition coefficient (Wildman–Crippen LogP) is 1.46. The zero-order valence-corrected chi connectivity index (χ0v) is 8.94. The lowest BCUT2D eigenvalue weighted by atomic mass is 10.3. The van der Waals surface area contributed by atoms with Gasteiger partial charge in [0.25, 0.3) is 0 Å². The summed E-state index contributed by atoms with van der Waals surface area (Å²) in [5.74, 6) is 0.341. The van der Waals surface area contributed by atoms with E-state index in [1.807, 2.05) is 0 Å². The monoisotopic (exact) mass is 244 g/mol. The molecule has 2 aromatic rings. The quantitative estimate of drug-likeness (QED) is 0.869. The topological polar surface area (TPSA) is 63.8 Å². The molecule has 15 heavy (non-hydrogen) atoms. The predicted molar refractivity (Wildman–Crippen MR) is 55.1 cm³/mol. The van der Waals surface area contributed by atoms with Gasteiger partial charge in [-0.25, -0.2) is 0 Å². The maximum absolute atomic E-state index is 8.97. The maximum atomic E-state index is 8.97. The number of nitrogens with zero attached hydrogens (tertiary/aromatic N) is 4. The van der Waals surface area contributed by atoms with Crippen LogP contribution >= 0.6 is 23.2 Å². The third kappa shape index (κ3) is 1.94. The molecule has 0 atom stereocenters. The first-order valence-corrected chi connectivity index (χ1v) is 4.81. The van der Waals surface area contributed by atoms with Crippen LogP contribution < -0.4 is 0 Å². The lowest BCUT2D eigenvalue weighted by Crippen LogP contribution is -2.02. The molecule has 1 heterocycles. The fourth-order valence-electron chi connectivity index (χ4n) is 1.12. The highest BCUT2D eigenvalue weighted by Crippen LogP contribution is 2.24. The fraction of sp³-hybridized carbons (Fsp3) is 0.125. The van der Waals surface area contributed by atoms with Gasteiger partial charge in [-0.3, -0.25) is 0 Å². The van der Waals surface area contributed by atoms with Gasteiger partial charge in [-0.05, 0) is 28.6 Å². The normalized spacial score (nSPS) is 10.6. The number of hydrogen-bond donors (Lipinski definition) is 1. The number of aromatic nitrogens is 4. The van der Waals surface area contributed by atoms with Crippen LogP contribution in [0.15, 0.2) is 18.2 Å². The van der Waals surface area contributed by atoms with Gasteiger partial charge < -0.3 is 5.11 Å². The van der Waals surface area contributed by atoms with Crippen LogP contribution in [0.25, 0.3) is 5.69 Å². The molecule has 5 nitrogen and oxygen atoms in total. The Labute approximate surface area is 95.2 Å². The van der Waals surface area contributed by atoms with E-state index in [4.69, 9.17) is 28.3 Å². The van der Waals surface area contributed by atoms with E-state index >= 15 is 0 Å². The second kappa shape index (κ2) is 4.14. The van der Waals surface area contributed by atoms with Crippen molar-refractivity contribution in [3.05, 3.63) is 34.1 Å². The van der Waals surface area contributed by atoms with Gasteiger partial charge in [0.1, 0.15) is 6.61 Å². The van der Waals surface area contributed by atoms with Crippen LogP contribution in [-0.4, -0.2) is 25.3 Å². The first kappa shape index (κ1) is 10.4. The number of hydrogen-bond acceptors (Lipinski definition) is 4. The van der Waals surface area contributed by atoms with Crippen LogP contribution in [0.4, 0.5) is 0 Å². The minimum Gasteiger partial charge on any atom is -0.388 e. The number of benzene rings is 1. The van der Waals surface area contributed by atoms with Gasteiger partial charge in [0.15, 0.2) is 5.82 Å². The van der Waals surface area contributed by atoms with E-state index in [1.54, 1.807) is 18.2 Å². The minimum atomic E-state index is -0.243. The van der Waals surface area contributed by atoms with Crippen LogP contribution in [0.3, 0.4) is 0 Å². The summed E-state index contributed by atoms with van der Waals surface area (Å²) in [6.07, 6.45) is 0. The molecule has 0 unspecified atom stereocenters. The van der Waals surface area contributed by atoms with Crippen LogP contribution in [0, 0.1) is 0 Å². The molecular weight excluding hydrogens is 239 g/mol. The first-order chi connectivity index (χ1) is 7.22. The third-order valence-corrected chi connectivity index (χ3v) is 2.56. The lowest BCUT2D eigenvalue weighted by molar-refractivity contribution is 0.268. The zero-order chi connectivity index (χ0) is 10.8. The van der Waals surface area contributed by atoms with E-state index in [2.05, 4.69) is 15.5 Å². The van der Waals surface area contributed by atoms with E-state index in [-0.39, 0.29) is 6.61 Å². The Morgan fingerprint density at radius 3 is 2.73 bits per heavy atom. The van der Waals surface area contributed by atoms with Gasteiger partial charge in [-0.1, -0.05) is 23.2 Å². The van der Waals surface area contributed by atoms with Crippen molar-refractivity contribution < 1.29 is 5.11 Å². The molecule has 0 spiro atoms. The molecule has 0 radical (unpaired) electrons.